The van der Waals surface area contributed by atoms with Gasteiger partial charge in [0.2, 0.25) is 0 Å². The molecule has 0 radical (unpaired) electrons. The summed E-state index contributed by atoms with van der Waals surface area (Å²) in [6.45, 7) is 0.334. The van der Waals surface area contributed by atoms with Gasteiger partial charge in [-0.1, -0.05) is 30.2 Å². The van der Waals surface area contributed by atoms with Crippen molar-refractivity contribution in [3.8, 4) is 23.8 Å². The number of para-hydroxylation sites is 1. The van der Waals surface area contributed by atoms with Crippen molar-refractivity contribution in [1.82, 2.24) is 10.3 Å². The molecule has 128 valence electrons. The van der Waals surface area contributed by atoms with Gasteiger partial charge in [-0.2, -0.15) is 0 Å². The van der Waals surface area contributed by atoms with Crippen LogP contribution in [-0.2, 0) is 6.54 Å². The summed E-state index contributed by atoms with van der Waals surface area (Å²) >= 11 is 0. The molecule has 0 fully saturated rings. The maximum absolute atomic E-state index is 12.2. The minimum absolute atomic E-state index is 0.202. The van der Waals surface area contributed by atoms with E-state index in [0.717, 1.165) is 5.56 Å². The van der Waals surface area contributed by atoms with Crippen LogP contribution in [0.15, 0.2) is 66.9 Å². The molecule has 1 heterocycles. The number of terminal acetylenes is 1. The number of hydrogen-bond donors (Lipinski definition) is 2. The third-order valence-corrected chi connectivity index (χ3v) is 3.71. The molecule has 0 aliphatic rings. The van der Waals surface area contributed by atoms with Gasteiger partial charge >= 0.3 is 0 Å². The third-order valence-electron chi connectivity index (χ3n) is 3.71. The number of nitrogen functional groups attached to an aromatic ring is 1. The highest BCUT2D eigenvalue weighted by Crippen LogP contribution is 2.25. The molecular formula is C21H17N3O2. The minimum atomic E-state index is -0.278. The van der Waals surface area contributed by atoms with E-state index in [2.05, 4.69) is 16.2 Å². The highest BCUT2D eigenvalue weighted by atomic mass is 16.5. The van der Waals surface area contributed by atoms with E-state index in [1.54, 1.807) is 18.3 Å². The Hall–Kier alpha value is -3.78. The lowest BCUT2D eigenvalue weighted by Gasteiger charge is -2.10. The first-order valence-electron chi connectivity index (χ1n) is 7.98. The fraction of sp³-hybridized carbons (Fsp3) is 0.0476. The number of nitrogens with zero attached hydrogens (tertiary/aromatic N) is 1. The fourth-order valence-corrected chi connectivity index (χ4v) is 2.41. The Morgan fingerprint density at radius 1 is 1.15 bits per heavy atom. The van der Waals surface area contributed by atoms with Gasteiger partial charge in [0.1, 0.15) is 17.3 Å². The van der Waals surface area contributed by atoms with E-state index in [9.17, 15) is 4.79 Å². The summed E-state index contributed by atoms with van der Waals surface area (Å²) in [7, 11) is 0. The average Bonchev–Trinajstić information content (AvgIpc) is 2.67. The maximum Gasteiger partial charge on any atom is 0.255 e. The largest absolute Gasteiger partial charge is 0.456 e. The molecule has 3 aromatic rings. The van der Waals surface area contributed by atoms with Crippen molar-refractivity contribution in [1.29, 1.82) is 0 Å². The van der Waals surface area contributed by atoms with Crippen molar-refractivity contribution in [3.63, 3.8) is 0 Å². The van der Waals surface area contributed by atoms with E-state index in [1.165, 1.54) is 0 Å². The molecule has 2 aromatic carbocycles. The molecule has 0 atom stereocenters. The van der Waals surface area contributed by atoms with Crippen molar-refractivity contribution < 1.29 is 9.53 Å². The van der Waals surface area contributed by atoms with Crippen LogP contribution in [0.25, 0.3) is 0 Å². The first kappa shape index (κ1) is 17.1. The van der Waals surface area contributed by atoms with Crippen LogP contribution in [0.1, 0.15) is 21.5 Å². The molecular weight excluding hydrogens is 326 g/mol. The lowest BCUT2D eigenvalue weighted by Crippen LogP contribution is -2.24. The van der Waals surface area contributed by atoms with Crippen LogP contribution in [0.2, 0.25) is 0 Å². The number of ether oxygens (including phenoxy) is 1. The number of nitrogens with two attached hydrogens (primary N) is 1. The molecule has 0 spiro atoms. The van der Waals surface area contributed by atoms with Gasteiger partial charge in [0.15, 0.2) is 0 Å². The van der Waals surface area contributed by atoms with Gasteiger partial charge in [-0.15, -0.1) is 6.42 Å². The van der Waals surface area contributed by atoms with Crippen molar-refractivity contribution >= 4 is 11.7 Å². The number of aromatic nitrogens is 1. The number of anilines is 1. The monoisotopic (exact) mass is 343 g/mol. The molecule has 26 heavy (non-hydrogen) atoms. The average molecular weight is 343 g/mol. The summed E-state index contributed by atoms with van der Waals surface area (Å²) in [6.07, 6.45) is 7.03. The zero-order valence-electron chi connectivity index (χ0n) is 14.0. The summed E-state index contributed by atoms with van der Waals surface area (Å²) in [6, 6.07) is 18.1. The van der Waals surface area contributed by atoms with Crippen LogP contribution in [0.5, 0.6) is 11.5 Å². The van der Waals surface area contributed by atoms with E-state index in [0.29, 0.717) is 29.2 Å². The zero-order valence-corrected chi connectivity index (χ0v) is 14.0. The predicted molar refractivity (Wildman–Crippen MR) is 101 cm³/mol. The smallest absolute Gasteiger partial charge is 0.255 e. The number of nitrogens with one attached hydrogen (secondary N) is 1. The Bertz CT molecular complexity index is 977. The molecule has 0 aliphatic heterocycles. The number of benzene rings is 2. The Morgan fingerprint density at radius 3 is 2.81 bits per heavy atom. The molecule has 3 N–H and O–H groups in total. The number of amides is 1. The summed E-state index contributed by atoms with van der Waals surface area (Å²) in [5.74, 6) is 3.77. The maximum atomic E-state index is 12.2. The molecule has 0 aliphatic carbocycles. The SMILES string of the molecule is C#Cc1ccccc1Oc1cccc(CNC(=O)c2cccnc2N)c1. The van der Waals surface area contributed by atoms with Crippen LogP contribution in [-0.4, -0.2) is 10.9 Å². The molecule has 5 nitrogen and oxygen atoms in total. The van der Waals surface area contributed by atoms with E-state index in [-0.39, 0.29) is 11.7 Å². The normalized spacial score (nSPS) is 9.96. The summed E-state index contributed by atoms with van der Waals surface area (Å²) in [5.41, 5.74) is 7.63. The number of pyridine rings is 1. The van der Waals surface area contributed by atoms with Gasteiger partial charge in [0.25, 0.3) is 5.91 Å². The fourth-order valence-electron chi connectivity index (χ4n) is 2.41. The molecule has 5 heteroatoms. The Kier molecular flexibility index (Phi) is 5.16. The number of hydrogen-bond acceptors (Lipinski definition) is 4. The van der Waals surface area contributed by atoms with E-state index in [4.69, 9.17) is 16.9 Å². The molecule has 0 unspecified atom stereocenters. The Balaban J connectivity index is 1.69. The van der Waals surface area contributed by atoms with Gasteiger partial charge in [-0.25, -0.2) is 4.98 Å². The summed E-state index contributed by atoms with van der Waals surface area (Å²) in [4.78, 5) is 16.1. The second-order valence-electron chi connectivity index (χ2n) is 5.51. The topological polar surface area (TPSA) is 77.2 Å². The molecule has 0 saturated carbocycles. The first-order valence-corrected chi connectivity index (χ1v) is 7.98. The van der Waals surface area contributed by atoms with E-state index >= 15 is 0 Å². The number of rotatable bonds is 5. The van der Waals surface area contributed by atoms with Crippen LogP contribution in [0.4, 0.5) is 5.82 Å². The van der Waals surface area contributed by atoms with Crippen LogP contribution in [0, 0.1) is 12.3 Å². The summed E-state index contributed by atoms with van der Waals surface area (Å²) < 4.78 is 5.87. The van der Waals surface area contributed by atoms with Crippen molar-refractivity contribution in [3.05, 3.63) is 83.6 Å². The Labute approximate surface area is 151 Å². The standard InChI is InChI=1S/C21H17N3O2/c1-2-16-8-3-4-11-19(16)26-17-9-5-7-15(13-17)14-24-21(25)18-10-6-12-23-20(18)22/h1,3-13H,14H2,(H2,22,23)(H,24,25). The van der Waals surface area contributed by atoms with Crippen molar-refractivity contribution in [2.24, 2.45) is 0 Å². The molecule has 1 amide bonds. The number of carbonyl (C=O) groups is 1. The molecule has 3 rings (SSSR count). The quantitative estimate of drug-likeness (QED) is 0.696. The van der Waals surface area contributed by atoms with Crippen molar-refractivity contribution in [2.75, 3.05) is 5.73 Å². The molecule has 1 aromatic heterocycles. The molecule has 0 bridgehead atoms. The minimum Gasteiger partial charge on any atom is -0.456 e. The van der Waals surface area contributed by atoms with Gasteiger partial charge in [-0.05, 0) is 42.0 Å². The highest BCUT2D eigenvalue weighted by Gasteiger charge is 2.10. The van der Waals surface area contributed by atoms with Gasteiger partial charge in [0, 0.05) is 12.7 Å². The highest BCUT2D eigenvalue weighted by molar-refractivity contribution is 5.98. The van der Waals surface area contributed by atoms with Crippen LogP contribution in [0.3, 0.4) is 0 Å². The molecule has 0 saturated heterocycles. The lowest BCUT2D eigenvalue weighted by molar-refractivity contribution is 0.0951. The lowest BCUT2D eigenvalue weighted by atomic mass is 10.2. The predicted octanol–water partition coefficient (Wildman–Crippen LogP) is 3.37. The third kappa shape index (κ3) is 4.00. The van der Waals surface area contributed by atoms with Gasteiger partial charge < -0.3 is 15.8 Å². The summed E-state index contributed by atoms with van der Waals surface area (Å²) in [5, 5.41) is 2.82. The Morgan fingerprint density at radius 2 is 2.00 bits per heavy atom. The second kappa shape index (κ2) is 7.86. The van der Waals surface area contributed by atoms with E-state index in [1.807, 2.05) is 48.5 Å². The van der Waals surface area contributed by atoms with Gasteiger partial charge in [-0.3, -0.25) is 4.79 Å². The van der Waals surface area contributed by atoms with Crippen LogP contribution < -0.4 is 15.8 Å². The second-order valence-corrected chi connectivity index (χ2v) is 5.51. The van der Waals surface area contributed by atoms with E-state index < -0.39 is 0 Å². The van der Waals surface area contributed by atoms with Gasteiger partial charge in [0.05, 0.1) is 11.1 Å². The van der Waals surface area contributed by atoms with Crippen LogP contribution >= 0.6 is 0 Å². The number of carbonyl (C=O) groups excluding carboxylic acids is 1. The van der Waals surface area contributed by atoms with Crippen molar-refractivity contribution in [2.45, 2.75) is 6.54 Å². The zero-order chi connectivity index (χ0) is 18.4. The first-order chi connectivity index (χ1) is 12.7.